The fourth-order valence-corrected chi connectivity index (χ4v) is 3.48. The lowest BCUT2D eigenvalue weighted by Gasteiger charge is -2.26. The first-order chi connectivity index (χ1) is 14.3. The van der Waals surface area contributed by atoms with Crippen LogP contribution >= 0.6 is 34.8 Å². The van der Waals surface area contributed by atoms with Crippen LogP contribution in [0.3, 0.4) is 0 Å². The van der Waals surface area contributed by atoms with Gasteiger partial charge in [-0.25, -0.2) is 0 Å². The molecule has 168 valence electrons. The van der Waals surface area contributed by atoms with Crippen LogP contribution < -0.4 is 5.32 Å². The van der Waals surface area contributed by atoms with E-state index in [0.29, 0.717) is 5.56 Å². The van der Waals surface area contributed by atoms with Crippen LogP contribution in [0.15, 0.2) is 36.4 Å². The van der Waals surface area contributed by atoms with Crippen molar-refractivity contribution in [3.8, 4) is 0 Å². The number of amides is 1. The highest BCUT2D eigenvalue weighted by atomic mass is 35.5. The van der Waals surface area contributed by atoms with Crippen LogP contribution in [-0.2, 0) is 16.0 Å². The van der Waals surface area contributed by atoms with E-state index in [9.17, 15) is 22.8 Å². The van der Waals surface area contributed by atoms with Crippen molar-refractivity contribution in [2.24, 2.45) is 11.8 Å². The maximum Gasteiger partial charge on any atom is 0.392 e. The van der Waals surface area contributed by atoms with E-state index >= 15 is 0 Å². The van der Waals surface area contributed by atoms with Crippen LogP contribution in [0.4, 0.5) is 18.9 Å². The highest BCUT2D eigenvalue weighted by molar-refractivity contribution is 6.42. The molecule has 0 aromatic heterocycles. The second kappa shape index (κ2) is 10.1. The summed E-state index contributed by atoms with van der Waals surface area (Å²) < 4.78 is 40.5. The van der Waals surface area contributed by atoms with Crippen LogP contribution in [-0.4, -0.2) is 23.2 Å². The van der Waals surface area contributed by atoms with Gasteiger partial charge in [-0.15, -0.1) is 0 Å². The standard InChI is InChI=1S/C21H19Cl3F3NO3/c1-10(20(30)31)7-12-3-5-15(23)17(8-12)28-19(29)18(11(2)21(25,26)27)13-4-6-14(22)16(24)9-13/h3-6,8-11,18H,7H2,1-2H3,(H,28,29)(H,30,31). The molecule has 0 aliphatic carbocycles. The Bertz CT molecular complexity index is 982. The molecule has 0 fully saturated rings. The van der Waals surface area contributed by atoms with E-state index < -0.39 is 35.8 Å². The number of halogens is 6. The van der Waals surface area contributed by atoms with E-state index in [1.54, 1.807) is 6.07 Å². The molecule has 31 heavy (non-hydrogen) atoms. The SMILES string of the molecule is CC(Cc1ccc(Cl)c(NC(=O)C(c2ccc(Cl)c(Cl)c2)C(C)C(F)(F)F)c1)C(=O)O. The topological polar surface area (TPSA) is 66.4 Å². The highest BCUT2D eigenvalue weighted by Gasteiger charge is 2.45. The first-order valence-electron chi connectivity index (χ1n) is 9.15. The molecule has 2 rings (SSSR count). The van der Waals surface area contributed by atoms with E-state index in [1.807, 2.05) is 0 Å². The molecule has 0 spiro atoms. The summed E-state index contributed by atoms with van der Waals surface area (Å²) in [5.74, 6) is -6.28. The van der Waals surface area contributed by atoms with Crippen LogP contribution in [0, 0.1) is 11.8 Å². The fourth-order valence-electron chi connectivity index (χ4n) is 3.01. The van der Waals surface area contributed by atoms with E-state index in [2.05, 4.69) is 5.32 Å². The van der Waals surface area contributed by atoms with Gasteiger partial charge in [-0.1, -0.05) is 60.8 Å². The van der Waals surface area contributed by atoms with Crippen molar-refractivity contribution >= 4 is 52.4 Å². The molecule has 2 aromatic rings. The Morgan fingerprint density at radius 2 is 1.61 bits per heavy atom. The van der Waals surface area contributed by atoms with Crippen LogP contribution in [0.1, 0.15) is 30.9 Å². The largest absolute Gasteiger partial charge is 0.481 e. The molecule has 0 heterocycles. The van der Waals surface area contributed by atoms with Crippen molar-refractivity contribution in [3.05, 3.63) is 62.6 Å². The number of hydrogen-bond acceptors (Lipinski definition) is 2. The molecule has 4 nitrogen and oxygen atoms in total. The van der Waals surface area contributed by atoms with Gasteiger partial charge in [0.15, 0.2) is 0 Å². The minimum atomic E-state index is -4.66. The number of carboxylic acids is 1. The van der Waals surface area contributed by atoms with E-state index in [1.165, 1.54) is 37.3 Å². The van der Waals surface area contributed by atoms with E-state index in [4.69, 9.17) is 39.9 Å². The lowest BCUT2D eigenvalue weighted by Crippen LogP contribution is -2.34. The minimum Gasteiger partial charge on any atom is -0.481 e. The molecule has 3 atom stereocenters. The van der Waals surface area contributed by atoms with E-state index in [0.717, 1.165) is 6.92 Å². The molecule has 0 bridgehead atoms. The third-order valence-corrected chi connectivity index (χ3v) is 5.92. The van der Waals surface area contributed by atoms with Gasteiger partial charge in [-0.3, -0.25) is 9.59 Å². The van der Waals surface area contributed by atoms with Gasteiger partial charge in [0.1, 0.15) is 0 Å². The number of rotatable bonds is 7. The predicted molar refractivity (Wildman–Crippen MR) is 115 cm³/mol. The van der Waals surface area contributed by atoms with Gasteiger partial charge in [0.25, 0.3) is 0 Å². The summed E-state index contributed by atoms with van der Waals surface area (Å²) in [6, 6.07) is 8.35. The average molecular weight is 497 g/mol. The maximum atomic E-state index is 13.5. The first kappa shape index (κ1) is 25.3. The van der Waals surface area contributed by atoms with Crippen molar-refractivity contribution in [3.63, 3.8) is 0 Å². The molecule has 0 radical (unpaired) electrons. The van der Waals surface area contributed by atoms with Crippen LogP contribution in [0.5, 0.6) is 0 Å². The number of carboxylic acid groups (broad SMARTS) is 1. The number of alkyl halides is 3. The molecule has 1 amide bonds. The van der Waals surface area contributed by atoms with Gasteiger partial charge in [-0.05, 0) is 41.8 Å². The molecule has 0 saturated carbocycles. The summed E-state index contributed by atoms with van der Waals surface area (Å²) >= 11 is 17.9. The predicted octanol–water partition coefficient (Wildman–Crippen LogP) is 6.83. The summed E-state index contributed by atoms with van der Waals surface area (Å²) in [7, 11) is 0. The quantitative estimate of drug-likeness (QED) is 0.441. The summed E-state index contributed by atoms with van der Waals surface area (Å²) in [5.41, 5.74) is 0.689. The van der Waals surface area contributed by atoms with Crippen molar-refractivity contribution < 1.29 is 27.9 Å². The molecule has 2 N–H and O–H groups in total. The number of hydrogen-bond donors (Lipinski definition) is 2. The summed E-state index contributed by atoms with van der Waals surface area (Å²) in [6.07, 6.45) is -4.50. The summed E-state index contributed by atoms with van der Waals surface area (Å²) in [6.45, 7) is 2.42. The number of aliphatic carboxylic acids is 1. The summed E-state index contributed by atoms with van der Waals surface area (Å²) in [5, 5.41) is 11.8. The second-order valence-electron chi connectivity index (χ2n) is 7.23. The van der Waals surface area contributed by atoms with Crippen molar-refractivity contribution in [2.45, 2.75) is 32.4 Å². The Balaban J connectivity index is 2.39. The molecule has 0 aliphatic heterocycles. The monoisotopic (exact) mass is 495 g/mol. The Morgan fingerprint density at radius 1 is 1.00 bits per heavy atom. The normalized spacial score (nSPS) is 14.6. The number of carbonyl (C=O) groups excluding carboxylic acids is 1. The third-order valence-electron chi connectivity index (χ3n) is 4.85. The lowest BCUT2D eigenvalue weighted by atomic mass is 9.85. The molecule has 10 heteroatoms. The number of nitrogens with one attached hydrogen (secondary N) is 1. The molecule has 3 unspecified atom stereocenters. The Labute approximate surface area is 192 Å². The number of anilines is 1. The zero-order valence-electron chi connectivity index (χ0n) is 16.4. The Morgan fingerprint density at radius 3 is 2.16 bits per heavy atom. The molecule has 0 saturated heterocycles. The Hall–Kier alpha value is -1.96. The van der Waals surface area contributed by atoms with Crippen molar-refractivity contribution in [2.75, 3.05) is 5.32 Å². The Kier molecular flexibility index (Phi) is 8.25. The van der Waals surface area contributed by atoms with Gasteiger partial charge in [-0.2, -0.15) is 13.2 Å². The third kappa shape index (κ3) is 6.51. The zero-order valence-corrected chi connectivity index (χ0v) is 18.7. The lowest BCUT2D eigenvalue weighted by molar-refractivity contribution is -0.178. The molecular formula is C21H19Cl3F3NO3. The van der Waals surface area contributed by atoms with Gasteiger partial charge >= 0.3 is 12.1 Å². The van der Waals surface area contributed by atoms with Crippen LogP contribution in [0.2, 0.25) is 15.1 Å². The molecule has 0 aliphatic rings. The van der Waals surface area contributed by atoms with Crippen molar-refractivity contribution in [1.82, 2.24) is 0 Å². The first-order valence-corrected chi connectivity index (χ1v) is 10.3. The van der Waals surface area contributed by atoms with Gasteiger partial charge in [0.2, 0.25) is 5.91 Å². The molecular weight excluding hydrogens is 478 g/mol. The maximum absolute atomic E-state index is 13.5. The number of carbonyl (C=O) groups is 2. The minimum absolute atomic E-state index is 0.0222. The fraction of sp³-hybridized carbons (Fsp3) is 0.333. The number of benzene rings is 2. The zero-order chi connectivity index (χ0) is 23.5. The highest BCUT2D eigenvalue weighted by Crippen LogP contribution is 2.40. The average Bonchev–Trinajstić information content (AvgIpc) is 2.66. The van der Waals surface area contributed by atoms with E-state index in [-0.39, 0.29) is 32.7 Å². The molecule has 2 aromatic carbocycles. The van der Waals surface area contributed by atoms with Crippen LogP contribution in [0.25, 0.3) is 0 Å². The smallest absolute Gasteiger partial charge is 0.392 e. The van der Waals surface area contributed by atoms with Gasteiger partial charge < -0.3 is 10.4 Å². The second-order valence-corrected chi connectivity index (χ2v) is 8.45. The van der Waals surface area contributed by atoms with Crippen molar-refractivity contribution in [1.29, 1.82) is 0 Å². The van der Waals surface area contributed by atoms with Gasteiger partial charge in [0.05, 0.1) is 38.5 Å². The summed E-state index contributed by atoms with van der Waals surface area (Å²) in [4.78, 5) is 24.0. The van der Waals surface area contributed by atoms with Gasteiger partial charge in [0, 0.05) is 0 Å².